The third kappa shape index (κ3) is 21.8. The molecule has 0 saturated carbocycles. The van der Waals surface area contributed by atoms with Gasteiger partial charge >= 0.3 is 5.97 Å². The molecule has 48 heavy (non-hydrogen) atoms. The van der Waals surface area contributed by atoms with Gasteiger partial charge in [0.05, 0.1) is 5.92 Å². The van der Waals surface area contributed by atoms with Crippen molar-refractivity contribution in [2.75, 3.05) is 13.2 Å². The average Bonchev–Trinajstić information content (AvgIpc) is 3.06. The van der Waals surface area contributed by atoms with Gasteiger partial charge in [-0.2, -0.15) is 0 Å². The lowest BCUT2D eigenvalue weighted by molar-refractivity contribution is -0.263. The smallest absolute Gasteiger partial charge is 0.309 e. The highest BCUT2D eigenvalue weighted by Gasteiger charge is 2.46. The standard InChI is InChI=1S/C40H77NO7/c1-5-8-10-12-14-16-18-20-22-24-26-28-30-34(31-29-27-25-23-21-19-17-15-13-11-9-6-2)39(44)47-32-35-37(43)38(46-7-3)36(40(45)48-35)41-33(4)42/h34-38,40,43,45H,5-32H2,1-4H3,(H,41,42)/t35?,36?,37-,38+,40?/m0/s1. The van der Waals surface area contributed by atoms with Gasteiger partial charge in [-0.25, -0.2) is 0 Å². The summed E-state index contributed by atoms with van der Waals surface area (Å²) >= 11 is 0. The number of unbranched alkanes of at least 4 members (excludes halogenated alkanes) is 22. The second-order valence-electron chi connectivity index (χ2n) is 14.4. The summed E-state index contributed by atoms with van der Waals surface area (Å²) in [6.45, 7) is 7.77. The van der Waals surface area contributed by atoms with Crippen LogP contribution < -0.4 is 5.32 Å². The summed E-state index contributed by atoms with van der Waals surface area (Å²) in [4.78, 5) is 25.0. The van der Waals surface area contributed by atoms with Crippen LogP contribution in [0.1, 0.15) is 195 Å². The fourth-order valence-corrected chi connectivity index (χ4v) is 6.98. The van der Waals surface area contributed by atoms with E-state index in [1.54, 1.807) is 6.92 Å². The molecule has 1 fully saturated rings. The molecule has 1 saturated heterocycles. The van der Waals surface area contributed by atoms with E-state index in [0.717, 1.165) is 38.5 Å². The maximum absolute atomic E-state index is 13.3. The fraction of sp³-hybridized carbons (Fsp3) is 0.950. The Balaban J connectivity index is 2.49. The van der Waals surface area contributed by atoms with Gasteiger partial charge in [0.25, 0.3) is 0 Å². The van der Waals surface area contributed by atoms with E-state index in [1.807, 2.05) is 0 Å². The lowest BCUT2D eigenvalue weighted by atomic mass is 9.93. The van der Waals surface area contributed by atoms with Crippen molar-refractivity contribution < 1.29 is 34.0 Å². The zero-order valence-electron chi connectivity index (χ0n) is 31.7. The summed E-state index contributed by atoms with van der Waals surface area (Å²) in [6.07, 6.45) is 28.1. The van der Waals surface area contributed by atoms with Crippen molar-refractivity contribution >= 4 is 11.9 Å². The number of aliphatic hydroxyl groups is 2. The van der Waals surface area contributed by atoms with E-state index >= 15 is 0 Å². The van der Waals surface area contributed by atoms with Gasteiger partial charge in [0, 0.05) is 13.5 Å². The summed E-state index contributed by atoms with van der Waals surface area (Å²) in [5.41, 5.74) is 0. The second-order valence-corrected chi connectivity index (χ2v) is 14.4. The Hall–Kier alpha value is -1.22. The molecule has 3 N–H and O–H groups in total. The number of carbonyl (C=O) groups is 2. The Morgan fingerprint density at radius 3 is 1.42 bits per heavy atom. The molecule has 0 aromatic rings. The number of amides is 1. The van der Waals surface area contributed by atoms with E-state index in [4.69, 9.17) is 14.2 Å². The highest BCUT2D eigenvalue weighted by Crippen LogP contribution is 2.25. The predicted molar refractivity (Wildman–Crippen MR) is 196 cm³/mol. The van der Waals surface area contributed by atoms with E-state index in [9.17, 15) is 19.8 Å². The van der Waals surface area contributed by atoms with Crippen LogP contribution in [0.5, 0.6) is 0 Å². The Labute approximate surface area is 295 Å². The monoisotopic (exact) mass is 684 g/mol. The molecule has 284 valence electrons. The number of nitrogens with one attached hydrogen (secondary N) is 1. The maximum atomic E-state index is 13.3. The molecular weight excluding hydrogens is 606 g/mol. The minimum Gasteiger partial charge on any atom is -0.463 e. The number of hydrogen-bond acceptors (Lipinski definition) is 7. The van der Waals surface area contributed by atoms with Gasteiger partial charge in [-0.1, -0.05) is 168 Å². The molecule has 1 heterocycles. The third-order valence-corrected chi connectivity index (χ3v) is 9.96. The molecule has 0 aromatic heterocycles. The highest BCUT2D eigenvalue weighted by molar-refractivity contribution is 5.73. The molecule has 1 amide bonds. The molecule has 0 aliphatic carbocycles. The summed E-state index contributed by atoms with van der Waals surface area (Å²) in [7, 11) is 0. The second kappa shape index (κ2) is 30.6. The number of rotatable bonds is 32. The van der Waals surface area contributed by atoms with Crippen molar-refractivity contribution in [2.24, 2.45) is 5.92 Å². The van der Waals surface area contributed by atoms with Gasteiger partial charge in [0.2, 0.25) is 5.91 Å². The Bertz CT molecular complexity index is 738. The van der Waals surface area contributed by atoms with Crippen molar-refractivity contribution in [3.8, 4) is 0 Å². The van der Waals surface area contributed by atoms with E-state index in [1.165, 1.54) is 135 Å². The van der Waals surface area contributed by atoms with Crippen LogP contribution >= 0.6 is 0 Å². The van der Waals surface area contributed by atoms with Gasteiger partial charge in [0.1, 0.15) is 31.0 Å². The summed E-state index contributed by atoms with van der Waals surface area (Å²) in [5, 5.41) is 24.1. The SMILES string of the molecule is CCCCCCCCCCCCCCC(CCCCCCCCCCCCCC)C(=O)OCC1OC(O)C(NC(C)=O)[C@@H](OCC)[C@H]1O. The number of ether oxygens (including phenoxy) is 3. The summed E-state index contributed by atoms with van der Waals surface area (Å²) in [5.74, 6) is -0.775. The molecule has 8 heteroatoms. The zero-order chi connectivity index (χ0) is 35.2. The number of aliphatic hydroxyl groups excluding tert-OH is 2. The predicted octanol–water partition coefficient (Wildman–Crippen LogP) is 9.32. The quantitative estimate of drug-likeness (QED) is 0.0478. The molecular formula is C40H77NO7. The van der Waals surface area contributed by atoms with Crippen LogP contribution in [0.2, 0.25) is 0 Å². The lowest BCUT2D eigenvalue weighted by Gasteiger charge is -2.42. The van der Waals surface area contributed by atoms with Crippen LogP contribution in [0.15, 0.2) is 0 Å². The van der Waals surface area contributed by atoms with Crippen molar-refractivity contribution in [1.82, 2.24) is 5.32 Å². The van der Waals surface area contributed by atoms with Crippen molar-refractivity contribution in [3.63, 3.8) is 0 Å². The fourth-order valence-electron chi connectivity index (χ4n) is 6.98. The minimum atomic E-state index is -1.38. The normalized spacial score (nSPS) is 21.1. The molecule has 1 aliphatic rings. The first-order valence-electron chi connectivity index (χ1n) is 20.4. The van der Waals surface area contributed by atoms with E-state index in [2.05, 4.69) is 19.2 Å². The van der Waals surface area contributed by atoms with Crippen molar-refractivity contribution in [1.29, 1.82) is 0 Å². The molecule has 0 aromatic carbocycles. The van der Waals surface area contributed by atoms with Crippen LogP contribution in [0.4, 0.5) is 0 Å². The minimum absolute atomic E-state index is 0.166. The van der Waals surface area contributed by atoms with Gasteiger partial charge in [-0.3, -0.25) is 9.59 Å². The first-order chi connectivity index (χ1) is 23.3. The molecule has 8 nitrogen and oxygen atoms in total. The van der Waals surface area contributed by atoms with Gasteiger partial charge in [0.15, 0.2) is 6.29 Å². The Morgan fingerprint density at radius 2 is 1.04 bits per heavy atom. The van der Waals surface area contributed by atoms with Gasteiger partial charge in [-0.15, -0.1) is 0 Å². The Kier molecular flexibility index (Phi) is 28.6. The van der Waals surface area contributed by atoms with Gasteiger partial charge in [-0.05, 0) is 19.8 Å². The Morgan fingerprint density at radius 1 is 0.646 bits per heavy atom. The molecule has 1 rings (SSSR count). The first-order valence-corrected chi connectivity index (χ1v) is 20.4. The number of hydrogen-bond donors (Lipinski definition) is 3. The number of carbonyl (C=O) groups excluding carboxylic acids is 2. The van der Waals surface area contributed by atoms with Gasteiger partial charge < -0.3 is 29.7 Å². The van der Waals surface area contributed by atoms with Crippen molar-refractivity contribution in [3.05, 3.63) is 0 Å². The molecule has 0 spiro atoms. The van der Waals surface area contributed by atoms with Crippen LogP contribution in [0.25, 0.3) is 0 Å². The van der Waals surface area contributed by atoms with Crippen LogP contribution in [0, 0.1) is 5.92 Å². The topological polar surface area (TPSA) is 114 Å². The van der Waals surface area contributed by atoms with E-state index in [-0.39, 0.29) is 31.0 Å². The lowest BCUT2D eigenvalue weighted by Crippen LogP contribution is -2.65. The molecule has 0 radical (unpaired) electrons. The van der Waals surface area contributed by atoms with Crippen LogP contribution in [-0.2, 0) is 23.8 Å². The average molecular weight is 684 g/mol. The van der Waals surface area contributed by atoms with Crippen molar-refractivity contribution in [2.45, 2.75) is 225 Å². The number of esters is 1. The van der Waals surface area contributed by atoms with E-state index < -0.39 is 30.6 Å². The molecule has 5 atom stereocenters. The molecule has 1 aliphatic heterocycles. The van der Waals surface area contributed by atoms with Crippen LogP contribution in [0.3, 0.4) is 0 Å². The maximum Gasteiger partial charge on any atom is 0.309 e. The summed E-state index contributed by atoms with van der Waals surface area (Å²) < 4.78 is 17.0. The molecule has 0 bridgehead atoms. The van der Waals surface area contributed by atoms with E-state index in [0.29, 0.717) is 0 Å². The first kappa shape index (κ1) is 44.8. The largest absolute Gasteiger partial charge is 0.463 e. The summed E-state index contributed by atoms with van der Waals surface area (Å²) in [6, 6.07) is -0.909. The zero-order valence-corrected chi connectivity index (χ0v) is 31.7. The highest BCUT2D eigenvalue weighted by atomic mass is 16.6. The third-order valence-electron chi connectivity index (χ3n) is 9.96. The molecule has 3 unspecified atom stereocenters. The van der Waals surface area contributed by atoms with Crippen LogP contribution in [-0.4, -0.2) is 65.9 Å².